The fraction of sp³-hybridized carbons (Fsp3) is 0.133. The van der Waals surface area contributed by atoms with Crippen molar-refractivity contribution in [1.29, 1.82) is 0 Å². The third-order valence-electron chi connectivity index (χ3n) is 2.95. The lowest BCUT2D eigenvalue weighted by atomic mass is 10.2. The zero-order valence-corrected chi connectivity index (χ0v) is 12.9. The van der Waals surface area contributed by atoms with Gasteiger partial charge < -0.3 is 10.1 Å². The number of thiazole rings is 1. The Labute approximate surface area is 131 Å². The number of ether oxygens (including phenoxy) is 1. The van der Waals surface area contributed by atoms with Crippen molar-refractivity contribution in [2.45, 2.75) is 6.92 Å². The maximum atomic E-state index is 12.3. The summed E-state index contributed by atoms with van der Waals surface area (Å²) in [7, 11) is 1.78. The van der Waals surface area contributed by atoms with Crippen LogP contribution < -0.4 is 10.1 Å². The first kappa shape index (κ1) is 14.3. The van der Waals surface area contributed by atoms with Gasteiger partial charge in [-0.3, -0.25) is 9.48 Å². The number of hydrogen-bond acceptors (Lipinski definition) is 5. The van der Waals surface area contributed by atoms with E-state index in [4.69, 9.17) is 4.74 Å². The van der Waals surface area contributed by atoms with E-state index in [2.05, 4.69) is 15.4 Å². The van der Waals surface area contributed by atoms with E-state index < -0.39 is 0 Å². The Hall–Kier alpha value is -2.67. The minimum absolute atomic E-state index is 0.215. The highest BCUT2D eigenvalue weighted by Crippen LogP contribution is 2.24. The van der Waals surface area contributed by atoms with Gasteiger partial charge in [-0.05, 0) is 25.1 Å². The van der Waals surface area contributed by atoms with Gasteiger partial charge in [0.15, 0.2) is 0 Å². The molecule has 3 aromatic rings. The summed E-state index contributed by atoms with van der Waals surface area (Å²) in [6.07, 6.45) is 1.67. The van der Waals surface area contributed by atoms with Crippen molar-refractivity contribution < 1.29 is 9.53 Å². The van der Waals surface area contributed by atoms with Crippen molar-refractivity contribution in [2.75, 3.05) is 5.32 Å². The van der Waals surface area contributed by atoms with Gasteiger partial charge >= 0.3 is 0 Å². The van der Waals surface area contributed by atoms with E-state index in [9.17, 15) is 4.79 Å². The summed E-state index contributed by atoms with van der Waals surface area (Å²) in [6.45, 7) is 1.87. The second-order valence-corrected chi connectivity index (χ2v) is 5.53. The molecule has 1 N–H and O–H groups in total. The molecule has 7 heteroatoms. The summed E-state index contributed by atoms with van der Waals surface area (Å²) in [5.74, 6) is 1.00. The lowest BCUT2D eigenvalue weighted by molar-refractivity contribution is 0.102. The molecule has 0 bridgehead atoms. The second kappa shape index (κ2) is 5.98. The number of benzene rings is 1. The maximum absolute atomic E-state index is 12.3. The Morgan fingerprint density at radius 2 is 2.23 bits per heavy atom. The molecule has 0 aliphatic heterocycles. The van der Waals surface area contributed by atoms with Crippen molar-refractivity contribution in [2.24, 2.45) is 7.05 Å². The van der Waals surface area contributed by atoms with Crippen molar-refractivity contribution >= 4 is 23.1 Å². The number of aromatic nitrogens is 3. The van der Waals surface area contributed by atoms with Crippen LogP contribution in [0.1, 0.15) is 16.1 Å². The van der Waals surface area contributed by atoms with E-state index in [1.165, 1.54) is 11.3 Å². The molecule has 1 aromatic carbocycles. The molecule has 0 saturated carbocycles. The fourth-order valence-corrected chi connectivity index (χ4v) is 2.48. The lowest BCUT2D eigenvalue weighted by Crippen LogP contribution is -2.14. The fourth-order valence-electron chi connectivity index (χ4n) is 1.98. The zero-order chi connectivity index (χ0) is 15.5. The second-order valence-electron chi connectivity index (χ2n) is 4.68. The molecule has 0 spiro atoms. The summed E-state index contributed by atoms with van der Waals surface area (Å²) < 4.78 is 7.23. The van der Waals surface area contributed by atoms with Gasteiger partial charge in [-0.15, -0.1) is 0 Å². The van der Waals surface area contributed by atoms with Gasteiger partial charge in [-0.25, -0.2) is 4.98 Å². The summed E-state index contributed by atoms with van der Waals surface area (Å²) in [4.78, 5) is 16.4. The number of amides is 1. The zero-order valence-electron chi connectivity index (χ0n) is 12.1. The lowest BCUT2D eigenvalue weighted by Gasteiger charge is -2.07. The van der Waals surface area contributed by atoms with E-state index in [0.29, 0.717) is 22.3 Å². The van der Waals surface area contributed by atoms with E-state index in [0.717, 1.165) is 5.69 Å². The molecule has 2 aromatic heterocycles. The summed E-state index contributed by atoms with van der Waals surface area (Å²) in [5.41, 5.74) is 1.35. The van der Waals surface area contributed by atoms with Gasteiger partial charge in [0, 0.05) is 30.3 Å². The molecule has 3 rings (SSSR count). The molecule has 0 saturated heterocycles. The van der Waals surface area contributed by atoms with Crippen LogP contribution in [0.2, 0.25) is 0 Å². The minimum Gasteiger partial charge on any atom is -0.431 e. The maximum Gasteiger partial charge on any atom is 0.278 e. The molecule has 0 unspecified atom stereocenters. The summed E-state index contributed by atoms with van der Waals surface area (Å²) in [6, 6.07) is 8.78. The number of carbonyl (C=O) groups excluding carboxylic acids is 1. The van der Waals surface area contributed by atoms with Crippen molar-refractivity contribution in [3.8, 4) is 10.9 Å². The first-order chi connectivity index (χ1) is 10.6. The van der Waals surface area contributed by atoms with Gasteiger partial charge in [0.05, 0.1) is 5.69 Å². The summed E-state index contributed by atoms with van der Waals surface area (Å²) >= 11 is 1.39. The van der Waals surface area contributed by atoms with Crippen molar-refractivity contribution in [3.63, 3.8) is 0 Å². The third kappa shape index (κ3) is 3.15. The average Bonchev–Trinajstić information content (AvgIpc) is 3.09. The number of carbonyl (C=O) groups is 1. The molecular formula is C15H14N4O2S. The number of rotatable bonds is 4. The monoisotopic (exact) mass is 314 g/mol. The quantitative estimate of drug-likeness (QED) is 0.802. The Bertz CT molecular complexity index is 796. The van der Waals surface area contributed by atoms with Crippen LogP contribution in [0.5, 0.6) is 10.9 Å². The number of anilines is 1. The smallest absolute Gasteiger partial charge is 0.278 e. The molecule has 0 atom stereocenters. The Morgan fingerprint density at radius 3 is 2.91 bits per heavy atom. The SMILES string of the molecule is Cc1cc(NC(=O)c2cccc(Oc3nccs3)c2)n(C)n1. The molecule has 0 aliphatic rings. The van der Waals surface area contributed by atoms with Crippen LogP contribution in [0.4, 0.5) is 5.82 Å². The normalized spacial score (nSPS) is 10.5. The van der Waals surface area contributed by atoms with Gasteiger partial charge in [0.25, 0.3) is 11.1 Å². The van der Waals surface area contributed by atoms with Gasteiger partial charge in [0.2, 0.25) is 0 Å². The Kier molecular flexibility index (Phi) is 3.88. The molecular weight excluding hydrogens is 300 g/mol. The highest BCUT2D eigenvalue weighted by atomic mass is 32.1. The van der Waals surface area contributed by atoms with Crippen LogP contribution in [-0.4, -0.2) is 20.7 Å². The standard InChI is InChI=1S/C15H14N4O2S/c1-10-8-13(19(2)18-10)17-14(20)11-4-3-5-12(9-11)21-15-16-6-7-22-15/h3-9H,1-2H3,(H,17,20). The van der Waals surface area contributed by atoms with E-state index in [-0.39, 0.29) is 5.91 Å². The molecule has 22 heavy (non-hydrogen) atoms. The van der Waals surface area contributed by atoms with Crippen LogP contribution in [0.3, 0.4) is 0 Å². The average molecular weight is 314 g/mol. The predicted octanol–water partition coefficient (Wildman–Crippen LogP) is 3.23. The number of nitrogens with one attached hydrogen (secondary N) is 1. The van der Waals surface area contributed by atoms with E-state index in [1.807, 2.05) is 18.4 Å². The van der Waals surface area contributed by atoms with Crippen LogP contribution in [0.15, 0.2) is 41.9 Å². The van der Waals surface area contributed by atoms with Gasteiger partial charge in [-0.1, -0.05) is 17.4 Å². The number of aryl methyl sites for hydroxylation is 2. The molecule has 112 valence electrons. The van der Waals surface area contributed by atoms with Crippen molar-refractivity contribution in [3.05, 3.63) is 53.2 Å². The van der Waals surface area contributed by atoms with Crippen LogP contribution >= 0.6 is 11.3 Å². The van der Waals surface area contributed by atoms with Crippen LogP contribution in [0.25, 0.3) is 0 Å². The number of nitrogens with zero attached hydrogens (tertiary/aromatic N) is 3. The Morgan fingerprint density at radius 1 is 1.36 bits per heavy atom. The molecule has 2 heterocycles. The highest BCUT2D eigenvalue weighted by molar-refractivity contribution is 7.11. The summed E-state index contributed by atoms with van der Waals surface area (Å²) in [5, 5.41) is 9.39. The first-order valence-corrected chi connectivity index (χ1v) is 7.49. The van der Waals surface area contributed by atoms with Gasteiger partial charge in [-0.2, -0.15) is 5.10 Å². The Balaban J connectivity index is 1.76. The van der Waals surface area contributed by atoms with Crippen molar-refractivity contribution in [1.82, 2.24) is 14.8 Å². The first-order valence-electron chi connectivity index (χ1n) is 6.61. The molecule has 0 fully saturated rings. The molecule has 1 amide bonds. The molecule has 6 nitrogen and oxygen atoms in total. The van der Waals surface area contributed by atoms with Gasteiger partial charge in [0.1, 0.15) is 11.6 Å². The van der Waals surface area contributed by atoms with E-state index >= 15 is 0 Å². The van der Waals surface area contributed by atoms with Crippen LogP contribution in [-0.2, 0) is 7.05 Å². The van der Waals surface area contributed by atoms with E-state index in [1.54, 1.807) is 42.2 Å². The molecule has 0 aliphatic carbocycles. The van der Waals surface area contributed by atoms with Crippen LogP contribution in [0, 0.1) is 6.92 Å². The minimum atomic E-state index is -0.215. The third-order valence-corrected chi connectivity index (χ3v) is 3.60. The number of hydrogen-bond donors (Lipinski definition) is 1. The molecule has 0 radical (unpaired) electrons. The largest absolute Gasteiger partial charge is 0.431 e. The topological polar surface area (TPSA) is 69.0 Å². The predicted molar refractivity (Wildman–Crippen MR) is 84.5 cm³/mol. The highest BCUT2D eigenvalue weighted by Gasteiger charge is 2.11.